The molecule has 1 aromatic carbocycles. The minimum atomic E-state index is -3.69. The standard InChI is InChI=1S/C31H36F2N6O4S/c1-18-19(2)35-22(17-34-18)15-21-16-24(28-30(36-21)39(31(38-28)29(32)33)27-9-5-7-13-43-27)37-23-11-10-20(14-26(23)44(3,40)41)25-8-4-6-12-42-25/h10-11,14,16-17,25,27,29H,4-9,12-13,15H2,1-3H3,(H,36,37). The molecule has 5 heterocycles. The summed E-state index contributed by atoms with van der Waals surface area (Å²) in [5, 5.41) is 3.22. The Hall–Kier alpha value is -3.55. The summed E-state index contributed by atoms with van der Waals surface area (Å²) in [6.45, 7) is 4.82. The lowest BCUT2D eigenvalue weighted by Crippen LogP contribution is -2.20. The highest BCUT2D eigenvalue weighted by atomic mass is 32.2. The molecular formula is C31H36F2N6O4S. The van der Waals surface area contributed by atoms with Gasteiger partial charge in [0.25, 0.3) is 6.43 Å². The first kappa shape index (κ1) is 30.5. The predicted octanol–water partition coefficient (Wildman–Crippen LogP) is 6.45. The van der Waals surface area contributed by atoms with Gasteiger partial charge in [-0.05, 0) is 76.1 Å². The number of hydrogen-bond acceptors (Lipinski definition) is 9. The molecule has 2 aliphatic rings. The molecule has 0 amide bonds. The number of benzene rings is 1. The Morgan fingerprint density at radius 1 is 0.955 bits per heavy atom. The number of aromatic nitrogens is 5. The van der Waals surface area contributed by atoms with Crippen molar-refractivity contribution in [2.75, 3.05) is 24.8 Å². The predicted molar refractivity (Wildman–Crippen MR) is 161 cm³/mol. The van der Waals surface area contributed by atoms with Crippen molar-refractivity contribution in [3.05, 3.63) is 64.6 Å². The van der Waals surface area contributed by atoms with Gasteiger partial charge in [0.1, 0.15) is 11.7 Å². The fourth-order valence-corrected chi connectivity index (χ4v) is 6.71. The maximum absolute atomic E-state index is 14.5. The molecular weight excluding hydrogens is 590 g/mol. The van der Waals surface area contributed by atoms with Crippen LogP contribution in [0.15, 0.2) is 35.4 Å². The molecule has 2 atom stereocenters. The number of aryl methyl sites for hydroxylation is 2. The van der Waals surface area contributed by atoms with Crippen molar-refractivity contribution in [3.8, 4) is 0 Å². The van der Waals surface area contributed by atoms with Gasteiger partial charge in [0.15, 0.2) is 21.3 Å². The highest BCUT2D eigenvalue weighted by Crippen LogP contribution is 2.38. The zero-order valence-corrected chi connectivity index (χ0v) is 25.8. The summed E-state index contributed by atoms with van der Waals surface area (Å²) < 4.78 is 68.2. The third kappa shape index (κ3) is 6.31. The van der Waals surface area contributed by atoms with Gasteiger partial charge in [0, 0.05) is 32.1 Å². The number of rotatable bonds is 8. The summed E-state index contributed by atoms with van der Waals surface area (Å²) >= 11 is 0. The quantitative estimate of drug-likeness (QED) is 0.235. The second-order valence-electron chi connectivity index (χ2n) is 11.5. The largest absolute Gasteiger partial charge is 0.374 e. The number of nitrogens with zero attached hydrogens (tertiary/aromatic N) is 5. The molecule has 1 N–H and O–H groups in total. The van der Waals surface area contributed by atoms with Crippen molar-refractivity contribution in [3.63, 3.8) is 0 Å². The lowest BCUT2D eigenvalue weighted by Gasteiger charge is -2.25. The van der Waals surface area contributed by atoms with E-state index in [1.165, 1.54) is 4.57 Å². The molecule has 6 rings (SSSR count). The molecule has 0 radical (unpaired) electrons. The molecule has 4 aromatic rings. The van der Waals surface area contributed by atoms with E-state index in [1.54, 1.807) is 24.4 Å². The summed E-state index contributed by atoms with van der Waals surface area (Å²) in [4.78, 5) is 18.3. The number of ether oxygens (including phenoxy) is 2. The number of nitrogens with one attached hydrogen (secondary N) is 1. The van der Waals surface area contributed by atoms with Crippen LogP contribution in [0.1, 0.15) is 91.4 Å². The van der Waals surface area contributed by atoms with Crippen molar-refractivity contribution >= 4 is 32.4 Å². The third-order valence-corrected chi connectivity index (χ3v) is 9.33. The summed E-state index contributed by atoms with van der Waals surface area (Å²) in [5.41, 5.74) is 4.65. The third-order valence-electron chi connectivity index (χ3n) is 8.20. The molecule has 0 spiro atoms. The number of halogens is 2. The Labute approximate surface area is 255 Å². The smallest absolute Gasteiger partial charge is 0.295 e. The molecule has 2 aliphatic heterocycles. The molecule has 10 nitrogen and oxygen atoms in total. The normalized spacial score (nSPS) is 19.5. The first-order chi connectivity index (χ1) is 21.1. The highest BCUT2D eigenvalue weighted by molar-refractivity contribution is 7.90. The number of sulfone groups is 1. The summed E-state index contributed by atoms with van der Waals surface area (Å²) in [6.07, 6.45) is 4.39. The van der Waals surface area contributed by atoms with Gasteiger partial charge in [0.2, 0.25) is 0 Å². The molecule has 2 unspecified atom stereocenters. The van der Waals surface area contributed by atoms with Crippen LogP contribution in [-0.2, 0) is 25.7 Å². The topological polar surface area (TPSA) is 121 Å². The monoisotopic (exact) mass is 626 g/mol. The molecule has 2 fully saturated rings. The SMILES string of the molecule is Cc1ncc(Cc2cc(Nc3ccc(C4CCCCO4)cc3S(C)(=O)=O)c3nc(C(F)F)n(C4CCCCO4)c3n2)nc1C. The minimum Gasteiger partial charge on any atom is -0.374 e. The van der Waals surface area contributed by atoms with Gasteiger partial charge in [0.05, 0.1) is 45.1 Å². The summed E-state index contributed by atoms with van der Waals surface area (Å²) in [7, 11) is -3.69. The lowest BCUT2D eigenvalue weighted by atomic mass is 10.0. The van der Waals surface area contributed by atoms with Crippen molar-refractivity contribution in [2.24, 2.45) is 0 Å². The van der Waals surface area contributed by atoms with E-state index in [4.69, 9.17) is 14.5 Å². The first-order valence-corrected chi connectivity index (χ1v) is 16.8. The molecule has 13 heteroatoms. The van der Waals surface area contributed by atoms with Gasteiger partial charge < -0.3 is 14.8 Å². The number of fused-ring (bicyclic) bond motifs is 1. The van der Waals surface area contributed by atoms with Crippen molar-refractivity contribution in [2.45, 2.75) is 82.4 Å². The van der Waals surface area contributed by atoms with E-state index in [1.807, 2.05) is 19.9 Å². The molecule has 0 saturated carbocycles. The number of alkyl halides is 2. The summed E-state index contributed by atoms with van der Waals surface area (Å²) in [6, 6.07) is 6.88. The van der Waals surface area contributed by atoms with Crippen LogP contribution in [0.25, 0.3) is 11.2 Å². The van der Waals surface area contributed by atoms with E-state index in [0.29, 0.717) is 42.4 Å². The second-order valence-corrected chi connectivity index (χ2v) is 13.5. The van der Waals surface area contributed by atoms with Gasteiger partial charge >= 0.3 is 0 Å². The minimum absolute atomic E-state index is 0.0832. The van der Waals surface area contributed by atoms with Crippen molar-refractivity contribution in [1.82, 2.24) is 24.5 Å². The van der Waals surface area contributed by atoms with Gasteiger partial charge in [-0.3, -0.25) is 14.5 Å². The van der Waals surface area contributed by atoms with E-state index in [9.17, 15) is 17.2 Å². The lowest BCUT2D eigenvalue weighted by molar-refractivity contribution is -0.0363. The zero-order chi connectivity index (χ0) is 31.0. The Morgan fingerprint density at radius 2 is 1.73 bits per heavy atom. The molecule has 3 aromatic heterocycles. The number of hydrogen-bond donors (Lipinski definition) is 1. The zero-order valence-electron chi connectivity index (χ0n) is 25.0. The molecule has 234 valence electrons. The van der Waals surface area contributed by atoms with E-state index in [0.717, 1.165) is 55.3 Å². The van der Waals surface area contributed by atoms with Gasteiger partial charge in [-0.2, -0.15) is 0 Å². The van der Waals surface area contributed by atoms with Gasteiger partial charge in [-0.25, -0.2) is 27.2 Å². The molecule has 2 saturated heterocycles. The second kappa shape index (κ2) is 12.4. The van der Waals surface area contributed by atoms with E-state index in [2.05, 4.69) is 20.3 Å². The Bertz CT molecular complexity index is 1780. The van der Waals surface area contributed by atoms with Crippen LogP contribution in [0, 0.1) is 13.8 Å². The number of imidazole rings is 1. The van der Waals surface area contributed by atoms with Crippen LogP contribution in [0.5, 0.6) is 0 Å². The average molecular weight is 627 g/mol. The van der Waals surface area contributed by atoms with Crippen LogP contribution in [-0.4, -0.2) is 52.4 Å². The van der Waals surface area contributed by atoms with Crippen LogP contribution in [0.3, 0.4) is 0 Å². The number of anilines is 2. The van der Waals surface area contributed by atoms with E-state index < -0.39 is 28.3 Å². The molecule has 0 aliphatic carbocycles. The fourth-order valence-electron chi connectivity index (χ4n) is 5.84. The Morgan fingerprint density at radius 3 is 2.39 bits per heavy atom. The van der Waals surface area contributed by atoms with Crippen LogP contribution in [0.2, 0.25) is 0 Å². The first-order valence-electron chi connectivity index (χ1n) is 14.9. The highest BCUT2D eigenvalue weighted by Gasteiger charge is 2.29. The van der Waals surface area contributed by atoms with Crippen molar-refractivity contribution < 1.29 is 26.7 Å². The summed E-state index contributed by atoms with van der Waals surface area (Å²) in [5.74, 6) is -0.446. The average Bonchev–Trinajstić information content (AvgIpc) is 3.40. The molecule has 44 heavy (non-hydrogen) atoms. The maximum atomic E-state index is 14.5. The number of pyridine rings is 1. The fraction of sp³-hybridized carbons (Fsp3) is 0.484. The van der Waals surface area contributed by atoms with Crippen LogP contribution >= 0.6 is 0 Å². The van der Waals surface area contributed by atoms with Crippen LogP contribution < -0.4 is 5.32 Å². The maximum Gasteiger partial charge on any atom is 0.295 e. The van der Waals surface area contributed by atoms with Crippen molar-refractivity contribution in [1.29, 1.82) is 0 Å². The Balaban J connectivity index is 1.49. The van der Waals surface area contributed by atoms with Crippen LogP contribution in [0.4, 0.5) is 20.2 Å². The Kier molecular flexibility index (Phi) is 8.62. The van der Waals surface area contributed by atoms with E-state index in [-0.39, 0.29) is 28.6 Å². The van der Waals surface area contributed by atoms with Gasteiger partial charge in [-0.1, -0.05) is 6.07 Å². The van der Waals surface area contributed by atoms with E-state index >= 15 is 0 Å². The van der Waals surface area contributed by atoms with Gasteiger partial charge in [-0.15, -0.1) is 0 Å². The molecule has 0 bridgehead atoms.